The third kappa shape index (κ3) is 1.20. The molecular formula is C16H26O4. The molecule has 0 aromatic rings. The van der Waals surface area contributed by atoms with Crippen LogP contribution >= 0.6 is 0 Å². The molecule has 0 unspecified atom stereocenters. The number of aliphatic hydroxyl groups excluding tert-OH is 1. The maximum Gasteiger partial charge on any atom is 0.200 e. The summed E-state index contributed by atoms with van der Waals surface area (Å²) in [5.41, 5.74) is -0.411. The van der Waals surface area contributed by atoms with Crippen molar-refractivity contribution in [2.45, 2.75) is 63.6 Å². The zero-order chi connectivity index (χ0) is 14.3. The van der Waals surface area contributed by atoms with Crippen LogP contribution in [0, 0.1) is 23.2 Å². The third-order valence-electron chi connectivity index (χ3n) is 7.10. The van der Waals surface area contributed by atoms with E-state index >= 15 is 0 Å². The number of rotatable bonds is 1. The summed E-state index contributed by atoms with van der Waals surface area (Å²) in [4.78, 5) is 0. The summed E-state index contributed by atoms with van der Waals surface area (Å²) in [6.07, 6.45) is 2.44. The second kappa shape index (κ2) is 3.78. The maximum absolute atomic E-state index is 10.6. The summed E-state index contributed by atoms with van der Waals surface area (Å²) in [5, 5.41) is 10.6. The highest BCUT2D eigenvalue weighted by atomic mass is 16.8. The average Bonchev–Trinajstić information content (AvgIpc) is 3.13. The van der Waals surface area contributed by atoms with Gasteiger partial charge in [0.15, 0.2) is 0 Å². The molecule has 0 aromatic carbocycles. The van der Waals surface area contributed by atoms with Gasteiger partial charge in [0.2, 0.25) is 5.79 Å². The van der Waals surface area contributed by atoms with Gasteiger partial charge in [0.25, 0.3) is 0 Å². The minimum absolute atomic E-state index is 0.0317. The van der Waals surface area contributed by atoms with Crippen LogP contribution in [0.5, 0.6) is 0 Å². The molecule has 4 aliphatic rings. The minimum atomic E-state index is -0.628. The Morgan fingerprint density at radius 2 is 2.00 bits per heavy atom. The smallest absolute Gasteiger partial charge is 0.200 e. The molecule has 8 atom stereocenters. The van der Waals surface area contributed by atoms with Crippen LogP contribution in [0.1, 0.15) is 40.0 Å². The number of ether oxygens (including phenoxy) is 3. The Morgan fingerprint density at radius 1 is 1.25 bits per heavy atom. The molecule has 2 saturated carbocycles. The van der Waals surface area contributed by atoms with E-state index in [-0.39, 0.29) is 17.6 Å². The van der Waals surface area contributed by atoms with Crippen LogP contribution in [-0.2, 0) is 14.2 Å². The highest BCUT2D eigenvalue weighted by Crippen LogP contribution is 2.72. The maximum atomic E-state index is 10.6. The summed E-state index contributed by atoms with van der Waals surface area (Å²) in [7, 11) is 1.72. The summed E-state index contributed by atoms with van der Waals surface area (Å²) in [6, 6.07) is 0. The molecule has 0 aromatic heterocycles. The van der Waals surface area contributed by atoms with E-state index in [1.54, 1.807) is 7.11 Å². The van der Waals surface area contributed by atoms with Gasteiger partial charge in [-0.1, -0.05) is 20.8 Å². The lowest BCUT2D eigenvalue weighted by molar-refractivity contribution is -0.248. The molecule has 2 aliphatic heterocycles. The predicted molar refractivity (Wildman–Crippen MR) is 73.1 cm³/mol. The molecule has 114 valence electrons. The molecule has 1 spiro atoms. The lowest BCUT2D eigenvalue weighted by atomic mass is 9.50. The molecule has 4 rings (SSSR count). The van der Waals surface area contributed by atoms with E-state index in [1.807, 2.05) is 0 Å². The van der Waals surface area contributed by atoms with E-state index in [0.717, 1.165) is 25.9 Å². The normalized spacial score (nSPS) is 64.3. The van der Waals surface area contributed by atoms with Crippen molar-refractivity contribution in [2.75, 3.05) is 13.7 Å². The van der Waals surface area contributed by atoms with E-state index in [2.05, 4.69) is 20.8 Å². The third-order valence-corrected chi connectivity index (χ3v) is 7.10. The summed E-state index contributed by atoms with van der Waals surface area (Å²) in [6.45, 7) is 7.60. The van der Waals surface area contributed by atoms with Crippen LogP contribution in [0.3, 0.4) is 0 Å². The molecule has 0 bridgehead atoms. The molecule has 0 radical (unpaired) electrons. The van der Waals surface area contributed by atoms with Crippen LogP contribution in [0.25, 0.3) is 0 Å². The van der Waals surface area contributed by atoms with Crippen LogP contribution in [0.15, 0.2) is 0 Å². The van der Waals surface area contributed by atoms with Crippen LogP contribution < -0.4 is 0 Å². The van der Waals surface area contributed by atoms with Gasteiger partial charge in [0.05, 0.1) is 12.7 Å². The van der Waals surface area contributed by atoms with Gasteiger partial charge in [-0.15, -0.1) is 0 Å². The lowest BCUT2D eigenvalue weighted by Crippen LogP contribution is -2.64. The summed E-state index contributed by atoms with van der Waals surface area (Å²) >= 11 is 0. The van der Waals surface area contributed by atoms with Gasteiger partial charge in [0.1, 0.15) is 11.7 Å². The van der Waals surface area contributed by atoms with Crippen molar-refractivity contribution < 1.29 is 19.3 Å². The number of epoxide rings is 1. The van der Waals surface area contributed by atoms with E-state index in [1.165, 1.54) is 0 Å². The molecule has 2 saturated heterocycles. The first-order valence-corrected chi connectivity index (χ1v) is 7.97. The summed E-state index contributed by atoms with van der Waals surface area (Å²) < 4.78 is 18.1. The van der Waals surface area contributed by atoms with Crippen molar-refractivity contribution in [1.82, 2.24) is 0 Å². The molecule has 20 heavy (non-hydrogen) atoms. The Hall–Kier alpha value is -0.160. The Kier molecular flexibility index (Phi) is 2.55. The average molecular weight is 282 g/mol. The molecule has 2 heterocycles. The Bertz CT molecular complexity index is 440. The van der Waals surface area contributed by atoms with Crippen LogP contribution in [0.2, 0.25) is 0 Å². The number of hydrogen-bond donors (Lipinski definition) is 1. The van der Waals surface area contributed by atoms with Gasteiger partial charge in [-0.3, -0.25) is 0 Å². The number of fused-ring (bicyclic) bond motifs is 2. The van der Waals surface area contributed by atoms with Crippen molar-refractivity contribution in [3.8, 4) is 0 Å². The highest BCUT2D eigenvalue weighted by molar-refractivity contribution is 5.29. The Labute approximate surface area is 120 Å². The van der Waals surface area contributed by atoms with Gasteiger partial charge in [-0.2, -0.15) is 0 Å². The van der Waals surface area contributed by atoms with Gasteiger partial charge in [-0.05, 0) is 31.1 Å². The molecule has 0 amide bonds. The molecule has 4 heteroatoms. The molecule has 4 nitrogen and oxygen atoms in total. The quantitative estimate of drug-likeness (QED) is 0.747. The van der Waals surface area contributed by atoms with E-state index in [9.17, 15) is 5.11 Å². The minimum Gasteiger partial charge on any atom is -0.390 e. The largest absolute Gasteiger partial charge is 0.390 e. The standard InChI is InChI=1S/C16H26O4/c1-9-8-19-16(18-4)11(9)7-14(3)10(2)5-6-12(17)15(14)13(16)20-15/h9-13,17H,5-8H2,1-4H3/t9-,10+,11-,12+,13-,14-,15+,16+/m1/s1. The second-order valence-electron chi connectivity index (χ2n) is 7.73. The van der Waals surface area contributed by atoms with Crippen molar-refractivity contribution in [2.24, 2.45) is 23.2 Å². The molecule has 4 fully saturated rings. The summed E-state index contributed by atoms with van der Waals surface area (Å²) in [5.74, 6) is 0.793. The van der Waals surface area contributed by atoms with Crippen molar-refractivity contribution >= 4 is 0 Å². The van der Waals surface area contributed by atoms with Crippen molar-refractivity contribution in [3.05, 3.63) is 0 Å². The second-order valence-corrected chi connectivity index (χ2v) is 7.73. The van der Waals surface area contributed by atoms with E-state index in [4.69, 9.17) is 14.2 Å². The fourth-order valence-electron chi connectivity index (χ4n) is 5.57. The highest BCUT2D eigenvalue weighted by Gasteiger charge is 2.84. The fraction of sp³-hybridized carbons (Fsp3) is 1.00. The molecular weight excluding hydrogens is 256 g/mol. The predicted octanol–water partition coefficient (Wildman–Crippen LogP) is 1.95. The fourth-order valence-corrected chi connectivity index (χ4v) is 5.57. The topological polar surface area (TPSA) is 51.2 Å². The number of aliphatic hydroxyl groups is 1. The monoisotopic (exact) mass is 282 g/mol. The van der Waals surface area contributed by atoms with Gasteiger partial charge < -0.3 is 19.3 Å². The zero-order valence-electron chi connectivity index (χ0n) is 12.9. The SMILES string of the molecule is CO[C@]12OC[C@@H](C)[C@H]1C[C@]1(C)[C@@H](C)CC[C@H](O)[C@@]13O[C@@H]23. The first-order chi connectivity index (χ1) is 9.42. The van der Waals surface area contributed by atoms with E-state index in [0.29, 0.717) is 17.8 Å². The Morgan fingerprint density at radius 3 is 2.70 bits per heavy atom. The number of methoxy groups -OCH3 is 1. The lowest BCUT2D eigenvalue weighted by Gasteiger charge is -2.54. The first-order valence-electron chi connectivity index (χ1n) is 7.97. The Balaban J connectivity index is 1.81. The van der Waals surface area contributed by atoms with Gasteiger partial charge in [0, 0.05) is 18.4 Å². The van der Waals surface area contributed by atoms with E-state index < -0.39 is 11.4 Å². The van der Waals surface area contributed by atoms with Crippen molar-refractivity contribution in [3.63, 3.8) is 0 Å². The van der Waals surface area contributed by atoms with Crippen LogP contribution in [0.4, 0.5) is 0 Å². The number of hydrogen-bond acceptors (Lipinski definition) is 4. The van der Waals surface area contributed by atoms with Gasteiger partial charge >= 0.3 is 0 Å². The first kappa shape index (κ1) is 13.5. The zero-order valence-corrected chi connectivity index (χ0v) is 12.9. The molecule has 2 aliphatic carbocycles. The van der Waals surface area contributed by atoms with Crippen LogP contribution in [-0.4, -0.2) is 42.4 Å². The van der Waals surface area contributed by atoms with Crippen molar-refractivity contribution in [1.29, 1.82) is 0 Å². The van der Waals surface area contributed by atoms with Gasteiger partial charge in [-0.25, -0.2) is 0 Å². The molecule has 1 N–H and O–H groups in total.